The number of hydrogen-bond acceptors (Lipinski definition) is 4. The van der Waals surface area contributed by atoms with Crippen LogP contribution >= 0.6 is 0 Å². The lowest BCUT2D eigenvalue weighted by atomic mass is 9.95. The Morgan fingerprint density at radius 1 is 0.946 bits per heavy atom. The molecule has 3 rings (SSSR count). The first-order valence-electron chi connectivity index (χ1n) is 13.7. The van der Waals surface area contributed by atoms with Crippen molar-refractivity contribution in [3.05, 3.63) is 59.4 Å². The van der Waals surface area contributed by atoms with E-state index in [1.54, 1.807) is 17.0 Å². The van der Waals surface area contributed by atoms with Gasteiger partial charge in [0.1, 0.15) is 11.9 Å². The standard InChI is InChI=1S/C30H41FN2O4/c1-4-26(30(35)32-25-10-8-7-9-11-25)33(21-23-12-16-24(31)17-13-23)29(34)19-15-22-14-18-27(36-5-2)28(20-22)37-6-3/h12-14,16-18,20,25-26H,4-11,15,19,21H2,1-3H3,(H,32,35)/t26-/m1/s1. The molecule has 6 nitrogen and oxygen atoms in total. The molecule has 2 amide bonds. The quantitative estimate of drug-likeness (QED) is 0.368. The molecule has 7 heteroatoms. The topological polar surface area (TPSA) is 67.9 Å². The second-order valence-electron chi connectivity index (χ2n) is 9.56. The zero-order valence-corrected chi connectivity index (χ0v) is 22.4. The number of nitrogens with zero attached hydrogens (tertiary/aromatic N) is 1. The molecule has 1 atom stereocenters. The number of aryl methyl sites for hydroxylation is 1. The Morgan fingerprint density at radius 2 is 1.59 bits per heavy atom. The number of amides is 2. The predicted octanol–water partition coefficient (Wildman–Crippen LogP) is 5.81. The van der Waals surface area contributed by atoms with E-state index >= 15 is 0 Å². The Bertz CT molecular complexity index is 1010. The number of halogens is 1. The molecule has 1 aliphatic rings. The smallest absolute Gasteiger partial charge is 0.243 e. The summed E-state index contributed by atoms with van der Waals surface area (Å²) in [5.41, 5.74) is 1.75. The molecule has 1 fully saturated rings. The van der Waals surface area contributed by atoms with Gasteiger partial charge < -0.3 is 19.7 Å². The molecule has 2 aromatic rings. The fourth-order valence-electron chi connectivity index (χ4n) is 4.90. The number of nitrogens with one attached hydrogen (secondary N) is 1. The number of hydrogen-bond donors (Lipinski definition) is 1. The van der Waals surface area contributed by atoms with Crippen LogP contribution in [0, 0.1) is 5.82 Å². The Morgan fingerprint density at radius 3 is 2.24 bits per heavy atom. The lowest BCUT2D eigenvalue weighted by Crippen LogP contribution is -2.51. The van der Waals surface area contributed by atoms with Gasteiger partial charge in [-0.2, -0.15) is 0 Å². The Kier molecular flexibility index (Phi) is 11.2. The second-order valence-corrected chi connectivity index (χ2v) is 9.56. The number of benzene rings is 2. The number of rotatable bonds is 13. The minimum Gasteiger partial charge on any atom is -0.490 e. The molecule has 0 unspecified atom stereocenters. The van der Waals surface area contributed by atoms with Gasteiger partial charge in [0.25, 0.3) is 0 Å². The zero-order valence-electron chi connectivity index (χ0n) is 22.4. The third-order valence-electron chi connectivity index (χ3n) is 6.84. The molecule has 0 saturated heterocycles. The first-order valence-corrected chi connectivity index (χ1v) is 13.7. The van der Waals surface area contributed by atoms with Crippen LogP contribution in [0.1, 0.15) is 76.8 Å². The van der Waals surface area contributed by atoms with Gasteiger partial charge in [-0.3, -0.25) is 9.59 Å². The third-order valence-corrected chi connectivity index (χ3v) is 6.84. The lowest BCUT2D eigenvalue weighted by Gasteiger charge is -2.33. The van der Waals surface area contributed by atoms with Crippen LogP contribution in [-0.4, -0.2) is 42.0 Å². The lowest BCUT2D eigenvalue weighted by molar-refractivity contribution is -0.141. The molecule has 202 valence electrons. The summed E-state index contributed by atoms with van der Waals surface area (Å²) in [7, 11) is 0. The first-order chi connectivity index (χ1) is 17.9. The van der Waals surface area contributed by atoms with E-state index in [1.165, 1.54) is 18.6 Å². The molecule has 2 aromatic carbocycles. The molecular formula is C30H41FN2O4. The predicted molar refractivity (Wildman–Crippen MR) is 143 cm³/mol. The van der Waals surface area contributed by atoms with Crippen LogP contribution in [0.3, 0.4) is 0 Å². The normalized spacial score (nSPS) is 14.6. The summed E-state index contributed by atoms with van der Waals surface area (Å²) in [5, 5.41) is 3.19. The van der Waals surface area contributed by atoms with Gasteiger partial charge in [-0.25, -0.2) is 4.39 Å². The van der Waals surface area contributed by atoms with Crippen molar-refractivity contribution in [2.45, 2.75) is 90.8 Å². The van der Waals surface area contributed by atoms with E-state index in [0.29, 0.717) is 37.6 Å². The maximum Gasteiger partial charge on any atom is 0.243 e. The van der Waals surface area contributed by atoms with Gasteiger partial charge in [-0.1, -0.05) is 44.4 Å². The van der Waals surface area contributed by atoms with Gasteiger partial charge in [0.15, 0.2) is 11.5 Å². The molecule has 0 aromatic heterocycles. The monoisotopic (exact) mass is 512 g/mol. The van der Waals surface area contributed by atoms with E-state index in [4.69, 9.17) is 9.47 Å². The highest BCUT2D eigenvalue weighted by atomic mass is 19.1. The van der Waals surface area contributed by atoms with Crippen molar-refractivity contribution in [1.29, 1.82) is 0 Å². The van der Waals surface area contributed by atoms with Crippen LogP contribution in [0.25, 0.3) is 0 Å². The average Bonchev–Trinajstić information content (AvgIpc) is 2.90. The van der Waals surface area contributed by atoms with E-state index in [9.17, 15) is 14.0 Å². The van der Waals surface area contributed by atoms with Gasteiger partial charge in [-0.15, -0.1) is 0 Å². The first kappa shape index (κ1) is 28.5. The van der Waals surface area contributed by atoms with E-state index in [-0.39, 0.29) is 36.6 Å². The Labute approximate surface area is 220 Å². The highest BCUT2D eigenvalue weighted by Gasteiger charge is 2.30. The fraction of sp³-hybridized carbons (Fsp3) is 0.533. The maximum atomic E-state index is 13.6. The summed E-state index contributed by atoms with van der Waals surface area (Å²) in [6.45, 7) is 7.08. The van der Waals surface area contributed by atoms with E-state index in [2.05, 4.69) is 5.32 Å². The molecular weight excluding hydrogens is 471 g/mol. The van der Waals surface area contributed by atoms with Gasteiger partial charge in [-0.05, 0) is 74.9 Å². The van der Waals surface area contributed by atoms with Crippen LogP contribution in [0.15, 0.2) is 42.5 Å². The molecule has 0 spiro atoms. The Balaban J connectivity index is 1.76. The second kappa shape index (κ2) is 14.6. The largest absolute Gasteiger partial charge is 0.490 e. The molecule has 1 saturated carbocycles. The molecule has 1 aliphatic carbocycles. The molecule has 37 heavy (non-hydrogen) atoms. The minimum atomic E-state index is -0.584. The van der Waals surface area contributed by atoms with Gasteiger partial charge in [0.05, 0.1) is 13.2 Å². The molecule has 0 aliphatic heterocycles. The van der Waals surface area contributed by atoms with Gasteiger partial charge in [0, 0.05) is 19.0 Å². The maximum absolute atomic E-state index is 13.6. The molecule has 0 heterocycles. The van der Waals surface area contributed by atoms with Crippen molar-refractivity contribution < 1.29 is 23.5 Å². The zero-order chi connectivity index (χ0) is 26.6. The van der Waals surface area contributed by atoms with E-state index in [1.807, 2.05) is 39.0 Å². The summed E-state index contributed by atoms with van der Waals surface area (Å²) in [6.07, 6.45) is 6.65. The molecule has 0 radical (unpaired) electrons. The summed E-state index contributed by atoms with van der Waals surface area (Å²) in [4.78, 5) is 28.6. The highest BCUT2D eigenvalue weighted by Crippen LogP contribution is 2.29. The SMILES string of the molecule is CCOc1ccc(CCC(=O)N(Cc2ccc(F)cc2)[C@H](CC)C(=O)NC2CCCCC2)cc1OCC. The van der Waals surface area contributed by atoms with Crippen LogP contribution < -0.4 is 14.8 Å². The fourth-order valence-corrected chi connectivity index (χ4v) is 4.90. The van der Waals surface area contributed by atoms with Crippen LogP contribution in [-0.2, 0) is 22.6 Å². The van der Waals surface area contributed by atoms with Crippen molar-refractivity contribution in [2.75, 3.05) is 13.2 Å². The van der Waals surface area contributed by atoms with Crippen molar-refractivity contribution in [1.82, 2.24) is 10.2 Å². The average molecular weight is 513 g/mol. The summed E-state index contributed by atoms with van der Waals surface area (Å²) >= 11 is 0. The highest BCUT2D eigenvalue weighted by molar-refractivity contribution is 5.88. The van der Waals surface area contributed by atoms with Crippen LogP contribution in [0.5, 0.6) is 11.5 Å². The third kappa shape index (κ3) is 8.48. The number of ether oxygens (including phenoxy) is 2. The number of carbonyl (C=O) groups excluding carboxylic acids is 2. The van der Waals surface area contributed by atoms with Crippen molar-refractivity contribution >= 4 is 11.8 Å². The summed E-state index contributed by atoms with van der Waals surface area (Å²) in [5.74, 6) is 0.800. The van der Waals surface area contributed by atoms with Crippen LogP contribution in [0.2, 0.25) is 0 Å². The van der Waals surface area contributed by atoms with Crippen molar-refractivity contribution in [3.63, 3.8) is 0 Å². The van der Waals surface area contributed by atoms with E-state index in [0.717, 1.165) is 36.8 Å². The van der Waals surface area contributed by atoms with E-state index < -0.39 is 6.04 Å². The number of carbonyl (C=O) groups is 2. The van der Waals surface area contributed by atoms with Crippen molar-refractivity contribution in [3.8, 4) is 11.5 Å². The van der Waals surface area contributed by atoms with Gasteiger partial charge >= 0.3 is 0 Å². The minimum absolute atomic E-state index is 0.107. The Hall–Kier alpha value is -3.09. The van der Waals surface area contributed by atoms with Gasteiger partial charge in [0.2, 0.25) is 11.8 Å². The van der Waals surface area contributed by atoms with Crippen LogP contribution in [0.4, 0.5) is 4.39 Å². The molecule has 0 bridgehead atoms. The summed E-state index contributed by atoms with van der Waals surface area (Å²) in [6, 6.07) is 11.4. The summed E-state index contributed by atoms with van der Waals surface area (Å²) < 4.78 is 24.9. The molecule has 1 N–H and O–H groups in total. The van der Waals surface area contributed by atoms with Crippen molar-refractivity contribution in [2.24, 2.45) is 0 Å².